The summed E-state index contributed by atoms with van der Waals surface area (Å²) in [4.78, 5) is 26.1. The average Bonchev–Trinajstić information content (AvgIpc) is 2.62. The molecule has 1 N–H and O–H groups in total. The molecule has 0 aromatic carbocycles. The molecule has 1 aliphatic heterocycles. The minimum absolute atomic E-state index is 0.0546. The van der Waals surface area contributed by atoms with Crippen LogP contribution in [0.3, 0.4) is 0 Å². The van der Waals surface area contributed by atoms with Crippen LogP contribution in [0.15, 0.2) is 12.2 Å². The number of imide groups is 1. The van der Waals surface area contributed by atoms with E-state index in [1.807, 2.05) is 12.2 Å². The standard InChI is InChI=1S/C14H22N2O2S/c1-10-6-5-7-11(2)14(10)12(17)16(13(18)15-14)8-3-4-9-19/h3-4,10-11,19H,5-9H2,1-2H3,(H,15,18). The number of amides is 3. The van der Waals surface area contributed by atoms with Crippen LogP contribution in [0.1, 0.15) is 33.1 Å². The Morgan fingerprint density at radius 1 is 1.32 bits per heavy atom. The first kappa shape index (κ1) is 14.4. The zero-order valence-electron chi connectivity index (χ0n) is 11.6. The maximum absolute atomic E-state index is 12.7. The second kappa shape index (κ2) is 5.57. The van der Waals surface area contributed by atoms with Crippen LogP contribution in [-0.4, -0.2) is 34.7 Å². The number of carbonyl (C=O) groups excluding carboxylic acids is 2. The fraction of sp³-hybridized carbons (Fsp3) is 0.714. The van der Waals surface area contributed by atoms with Gasteiger partial charge < -0.3 is 5.32 Å². The van der Waals surface area contributed by atoms with Gasteiger partial charge in [-0.2, -0.15) is 12.6 Å². The number of nitrogens with zero attached hydrogens (tertiary/aromatic N) is 1. The lowest BCUT2D eigenvalue weighted by Gasteiger charge is -2.42. The van der Waals surface area contributed by atoms with Crippen molar-refractivity contribution in [2.24, 2.45) is 11.8 Å². The summed E-state index contributed by atoms with van der Waals surface area (Å²) in [7, 11) is 0. The molecule has 2 fully saturated rings. The third-order valence-corrected chi connectivity index (χ3v) is 4.76. The van der Waals surface area contributed by atoms with Gasteiger partial charge in [0.1, 0.15) is 5.54 Å². The fourth-order valence-corrected chi connectivity index (χ4v) is 3.52. The van der Waals surface area contributed by atoms with Gasteiger partial charge in [-0.1, -0.05) is 32.4 Å². The lowest BCUT2D eigenvalue weighted by Crippen LogP contribution is -2.58. The molecule has 1 aliphatic carbocycles. The van der Waals surface area contributed by atoms with Crippen molar-refractivity contribution in [1.82, 2.24) is 10.2 Å². The van der Waals surface area contributed by atoms with E-state index in [4.69, 9.17) is 0 Å². The summed E-state index contributed by atoms with van der Waals surface area (Å²) in [5, 5.41) is 2.98. The minimum atomic E-state index is -0.676. The zero-order valence-corrected chi connectivity index (χ0v) is 12.5. The van der Waals surface area contributed by atoms with Crippen LogP contribution in [0, 0.1) is 11.8 Å². The van der Waals surface area contributed by atoms with Gasteiger partial charge in [-0.25, -0.2) is 4.79 Å². The van der Waals surface area contributed by atoms with E-state index >= 15 is 0 Å². The predicted octanol–water partition coefficient (Wildman–Crippen LogP) is 2.22. The number of thiol groups is 1. The smallest absolute Gasteiger partial charge is 0.323 e. The second-order valence-electron chi connectivity index (χ2n) is 5.60. The Hall–Kier alpha value is -0.970. The lowest BCUT2D eigenvalue weighted by atomic mass is 9.67. The highest BCUT2D eigenvalue weighted by Gasteiger charge is 2.57. The quantitative estimate of drug-likeness (QED) is 0.474. The van der Waals surface area contributed by atoms with Gasteiger partial charge in [0, 0.05) is 12.3 Å². The SMILES string of the molecule is CC1CCCC(C)C12NC(=O)N(CC=CCS)C2=O. The maximum atomic E-state index is 12.7. The van der Waals surface area contributed by atoms with Crippen LogP contribution >= 0.6 is 12.6 Å². The van der Waals surface area contributed by atoms with Crippen molar-refractivity contribution in [3.05, 3.63) is 12.2 Å². The van der Waals surface area contributed by atoms with E-state index in [-0.39, 0.29) is 23.8 Å². The normalized spacial score (nSPS) is 35.4. The van der Waals surface area contributed by atoms with Gasteiger partial charge >= 0.3 is 6.03 Å². The number of hydrogen-bond donors (Lipinski definition) is 2. The van der Waals surface area contributed by atoms with Crippen molar-refractivity contribution in [2.75, 3.05) is 12.3 Å². The largest absolute Gasteiger partial charge is 0.325 e. The Balaban J connectivity index is 2.22. The molecule has 0 radical (unpaired) electrons. The summed E-state index contributed by atoms with van der Waals surface area (Å²) < 4.78 is 0. The van der Waals surface area contributed by atoms with E-state index in [9.17, 15) is 9.59 Å². The number of rotatable bonds is 3. The maximum Gasteiger partial charge on any atom is 0.325 e. The van der Waals surface area contributed by atoms with E-state index < -0.39 is 5.54 Å². The summed E-state index contributed by atoms with van der Waals surface area (Å²) >= 11 is 4.08. The predicted molar refractivity (Wildman–Crippen MR) is 78.1 cm³/mol. The molecule has 1 saturated heterocycles. The molecule has 19 heavy (non-hydrogen) atoms. The molecule has 2 aliphatic rings. The first-order valence-corrected chi connectivity index (χ1v) is 7.57. The Kier molecular flexibility index (Phi) is 4.23. The molecule has 5 heteroatoms. The summed E-state index contributed by atoms with van der Waals surface area (Å²) in [5.74, 6) is 0.959. The van der Waals surface area contributed by atoms with Crippen LogP contribution in [0.4, 0.5) is 4.79 Å². The third kappa shape index (κ3) is 2.29. The molecule has 1 heterocycles. The van der Waals surface area contributed by atoms with Gasteiger partial charge in [0.15, 0.2) is 0 Å². The molecule has 0 bridgehead atoms. The van der Waals surface area contributed by atoms with Crippen LogP contribution in [0.5, 0.6) is 0 Å². The van der Waals surface area contributed by atoms with E-state index in [1.165, 1.54) is 4.90 Å². The van der Waals surface area contributed by atoms with Crippen molar-refractivity contribution in [2.45, 2.75) is 38.6 Å². The van der Waals surface area contributed by atoms with Crippen molar-refractivity contribution in [1.29, 1.82) is 0 Å². The lowest BCUT2D eigenvalue weighted by molar-refractivity contribution is -0.136. The summed E-state index contributed by atoms with van der Waals surface area (Å²) in [6.07, 6.45) is 6.80. The number of nitrogens with one attached hydrogen (secondary N) is 1. The number of carbonyl (C=O) groups is 2. The van der Waals surface area contributed by atoms with E-state index in [2.05, 4.69) is 31.8 Å². The van der Waals surface area contributed by atoms with Gasteiger partial charge in [-0.05, 0) is 24.7 Å². The average molecular weight is 282 g/mol. The molecule has 4 nitrogen and oxygen atoms in total. The summed E-state index contributed by atoms with van der Waals surface area (Å²) in [6.45, 7) is 4.48. The van der Waals surface area contributed by atoms with Crippen LogP contribution in [0.25, 0.3) is 0 Å². The zero-order chi connectivity index (χ0) is 14.0. The molecule has 3 amide bonds. The van der Waals surface area contributed by atoms with Crippen LogP contribution < -0.4 is 5.32 Å². The molecule has 1 saturated carbocycles. The van der Waals surface area contributed by atoms with Gasteiger partial charge in [-0.15, -0.1) is 0 Å². The van der Waals surface area contributed by atoms with Crippen molar-refractivity contribution in [3.8, 4) is 0 Å². The van der Waals surface area contributed by atoms with Gasteiger partial charge in [-0.3, -0.25) is 9.69 Å². The van der Waals surface area contributed by atoms with E-state index in [1.54, 1.807) is 0 Å². The molecule has 2 unspecified atom stereocenters. The van der Waals surface area contributed by atoms with Gasteiger partial charge in [0.05, 0.1) is 0 Å². The highest BCUT2D eigenvalue weighted by atomic mass is 32.1. The Morgan fingerprint density at radius 2 is 1.95 bits per heavy atom. The molecule has 2 atom stereocenters. The third-order valence-electron chi connectivity index (χ3n) is 4.55. The summed E-state index contributed by atoms with van der Waals surface area (Å²) in [5.41, 5.74) is -0.676. The highest BCUT2D eigenvalue weighted by Crippen LogP contribution is 2.42. The molecule has 1 spiro atoms. The van der Waals surface area contributed by atoms with E-state index in [0.29, 0.717) is 12.3 Å². The van der Waals surface area contributed by atoms with Crippen molar-refractivity contribution >= 4 is 24.6 Å². The monoisotopic (exact) mass is 282 g/mol. The Bertz CT molecular complexity index is 398. The molecule has 2 rings (SSSR count). The first-order valence-electron chi connectivity index (χ1n) is 6.94. The molecule has 106 valence electrons. The minimum Gasteiger partial charge on any atom is -0.323 e. The molecule has 0 aromatic heterocycles. The number of hydrogen-bond acceptors (Lipinski definition) is 3. The summed E-state index contributed by atoms with van der Waals surface area (Å²) in [6, 6.07) is -0.255. The first-order chi connectivity index (χ1) is 9.04. The topological polar surface area (TPSA) is 49.4 Å². The number of urea groups is 1. The fourth-order valence-electron chi connectivity index (χ4n) is 3.37. The highest BCUT2D eigenvalue weighted by molar-refractivity contribution is 7.80. The van der Waals surface area contributed by atoms with Gasteiger partial charge in [0.2, 0.25) is 0 Å². The Labute approximate surface area is 120 Å². The second-order valence-corrected chi connectivity index (χ2v) is 5.97. The van der Waals surface area contributed by atoms with Crippen molar-refractivity contribution < 1.29 is 9.59 Å². The van der Waals surface area contributed by atoms with Gasteiger partial charge in [0.25, 0.3) is 5.91 Å². The van der Waals surface area contributed by atoms with Crippen molar-refractivity contribution in [3.63, 3.8) is 0 Å². The van der Waals surface area contributed by atoms with Crippen LogP contribution in [0.2, 0.25) is 0 Å². The van der Waals surface area contributed by atoms with E-state index in [0.717, 1.165) is 19.3 Å². The van der Waals surface area contributed by atoms with Crippen LogP contribution in [-0.2, 0) is 4.79 Å². The molecular formula is C14H22N2O2S. The molecule has 0 aromatic rings. The Morgan fingerprint density at radius 3 is 2.53 bits per heavy atom. The molecular weight excluding hydrogens is 260 g/mol.